The molecule has 0 aliphatic carbocycles. The standard InChI is InChI=1S/C30H43BrN6O3/c1-7-40-27(23-12-10-14-26(31)33-23)36-24-13-9-8-11-22(24)34-28(36)32-21-15-17-35(18-16-21)19-25(20(2)3)37(29(38)39)30(4,5)6/h8-14,20-21,25,27H,7,15-19H2,1-6H3,(H,32,34)(H,38,39). The topological polar surface area (TPSA) is 95.8 Å². The van der Waals surface area contributed by atoms with Gasteiger partial charge in [-0.25, -0.2) is 14.8 Å². The van der Waals surface area contributed by atoms with Gasteiger partial charge in [0.2, 0.25) is 5.95 Å². The van der Waals surface area contributed by atoms with Crippen LogP contribution in [0.25, 0.3) is 11.0 Å². The van der Waals surface area contributed by atoms with Gasteiger partial charge in [-0.2, -0.15) is 0 Å². The van der Waals surface area contributed by atoms with E-state index in [2.05, 4.69) is 50.6 Å². The van der Waals surface area contributed by atoms with Crippen molar-refractivity contribution in [2.75, 3.05) is 31.6 Å². The number of rotatable bonds is 10. The van der Waals surface area contributed by atoms with E-state index >= 15 is 0 Å². The number of aromatic nitrogens is 3. The number of halogens is 1. The molecule has 3 aromatic rings. The van der Waals surface area contributed by atoms with E-state index in [1.807, 2.05) is 64.1 Å². The van der Waals surface area contributed by atoms with Crippen LogP contribution in [0.1, 0.15) is 66.3 Å². The van der Waals surface area contributed by atoms with Crippen molar-refractivity contribution < 1.29 is 14.6 Å². The smallest absolute Gasteiger partial charge is 0.408 e. The molecule has 1 amide bonds. The van der Waals surface area contributed by atoms with Crippen molar-refractivity contribution in [3.63, 3.8) is 0 Å². The Balaban J connectivity index is 1.53. The second-order valence-corrected chi connectivity index (χ2v) is 12.7. The number of para-hydroxylation sites is 2. The van der Waals surface area contributed by atoms with Crippen molar-refractivity contribution in [2.24, 2.45) is 5.92 Å². The fraction of sp³-hybridized carbons (Fsp3) is 0.567. The SMILES string of the molecule is CCOC(c1cccc(Br)n1)n1c(NC2CCN(CC(C(C)C)N(C(=O)O)C(C)(C)C)CC2)nc2ccccc21. The first-order valence-corrected chi connectivity index (χ1v) is 15.0. The van der Waals surface area contributed by atoms with E-state index < -0.39 is 17.9 Å². The van der Waals surface area contributed by atoms with Crippen LogP contribution in [0.15, 0.2) is 47.1 Å². The number of nitrogens with zero attached hydrogens (tertiary/aromatic N) is 5. The molecule has 4 rings (SSSR count). The summed E-state index contributed by atoms with van der Waals surface area (Å²) in [6, 6.07) is 14.1. The molecule has 3 heterocycles. The van der Waals surface area contributed by atoms with E-state index in [0.717, 1.165) is 59.8 Å². The van der Waals surface area contributed by atoms with Crippen molar-refractivity contribution in [3.05, 3.63) is 52.8 Å². The largest absolute Gasteiger partial charge is 0.465 e. The first-order chi connectivity index (χ1) is 19.0. The summed E-state index contributed by atoms with van der Waals surface area (Å²) in [7, 11) is 0. The third-order valence-corrected chi connectivity index (χ3v) is 7.98. The highest BCUT2D eigenvalue weighted by Crippen LogP contribution is 2.31. The average Bonchev–Trinajstić information content (AvgIpc) is 3.24. The molecule has 1 aliphatic heterocycles. The molecule has 1 aromatic carbocycles. The zero-order chi connectivity index (χ0) is 29.0. The first-order valence-electron chi connectivity index (χ1n) is 14.2. The van der Waals surface area contributed by atoms with Gasteiger partial charge in [-0.1, -0.05) is 32.0 Å². The van der Waals surface area contributed by atoms with Crippen molar-refractivity contribution >= 4 is 39.0 Å². The van der Waals surface area contributed by atoms with Crippen LogP contribution in [0.4, 0.5) is 10.7 Å². The van der Waals surface area contributed by atoms with Crippen LogP contribution in [0.2, 0.25) is 0 Å². The molecule has 0 saturated carbocycles. The number of fused-ring (bicyclic) bond motifs is 1. The molecule has 40 heavy (non-hydrogen) atoms. The molecule has 0 bridgehead atoms. The molecule has 1 fully saturated rings. The Labute approximate surface area is 246 Å². The number of likely N-dealkylation sites (tertiary alicyclic amines) is 1. The van der Waals surface area contributed by atoms with E-state index in [4.69, 9.17) is 14.7 Å². The molecule has 1 saturated heterocycles. The number of nitrogens with one attached hydrogen (secondary N) is 1. The third-order valence-electron chi connectivity index (χ3n) is 7.54. The third kappa shape index (κ3) is 6.95. The average molecular weight is 616 g/mol. The number of amides is 1. The summed E-state index contributed by atoms with van der Waals surface area (Å²) in [6.07, 6.45) is 0.588. The lowest BCUT2D eigenvalue weighted by atomic mass is 9.94. The van der Waals surface area contributed by atoms with Crippen LogP contribution in [0.3, 0.4) is 0 Å². The van der Waals surface area contributed by atoms with Gasteiger partial charge in [-0.15, -0.1) is 0 Å². The molecule has 9 nitrogen and oxygen atoms in total. The van der Waals surface area contributed by atoms with Gasteiger partial charge in [-0.05, 0) is 86.6 Å². The van der Waals surface area contributed by atoms with Crippen LogP contribution >= 0.6 is 15.9 Å². The van der Waals surface area contributed by atoms with Crippen LogP contribution in [0, 0.1) is 5.92 Å². The molecule has 0 radical (unpaired) electrons. The van der Waals surface area contributed by atoms with Crippen LogP contribution in [-0.4, -0.2) is 79.4 Å². The predicted octanol–water partition coefficient (Wildman–Crippen LogP) is 6.46. The lowest BCUT2D eigenvalue weighted by molar-refractivity contribution is 0.0333. The van der Waals surface area contributed by atoms with Crippen LogP contribution in [0.5, 0.6) is 0 Å². The van der Waals surface area contributed by atoms with Gasteiger partial charge in [0.05, 0.1) is 22.8 Å². The lowest BCUT2D eigenvalue weighted by Gasteiger charge is -2.44. The maximum atomic E-state index is 12.2. The number of piperidine rings is 1. The van der Waals surface area contributed by atoms with E-state index in [-0.39, 0.29) is 18.0 Å². The highest BCUT2D eigenvalue weighted by atomic mass is 79.9. The summed E-state index contributed by atoms with van der Waals surface area (Å²) in [4.78, 5) is 25.9. The normalized spacial score (nSPS) is 16.8. The molecular formula is C30H43BrN6O3. The number of carboxylic acid groups (broad SMARTS) is 1. The van der Waals surface area contributed by atoms with Crippen LogP contribution in [-0.2, 0) is 4.74 Å². The van der Waals surface area contributed by atoms with Gasteiger partial charge in [-0.3, -0.25) is 9.47 Å². The monoisotopic (exact) mass is 614 g/mol. The lowest BCUT2D eigenvalue weighted by Crippen LogP contribution is -2.57. The molecule has 1 aliphatic rings. The quantitative estimate of drug-likeness (QED) is 0.253. The summed E-state index contributed by atoms with van der Waals surface area (Å²) in [5, 5.41) is 13.7. The Morgan fingerprint density at radius 3 is 2.45 bits per heavy atom. The minimum atomic E-state index is -0.856. The first kappa shape index (κ1) is 30.3. The number of anilines is 1. The molecule has 2 N–H and O–H groups in total. The number of benzene rings is 1. The van der Waals surface area contributed by atoms with Gasteiger partial charge in [0, 0.05) is 37.8 Å². The van der Waals surface area contributed by atoms with Crippen molar-refractivity contribution in [1.29, 1.82) is 0 Å². The maximum absolute atomic E-state index is 12.2. The Bertz CT molecular complexity index is 1280. The zero-order valence-corrected chi connectivity index (χ0v) is 26.1. The molecule has 218 valence electrons. The second kappa shape index (κ2) is 12.9. The van der Waals surface area contributed by atoms with Gasteiger partial charge in [0.25, 0.3) is 0 Å². The van der Waals surface area contributed by atoms with Crippen molar-refractivity contribution in [1.82, 2.24) is 24.3 Å². The Kier molecular flexibility index (Phi) is 9.74. The van der Waals surface area contributed by atoms with E-state index in [0.29, 0.717) is 6.61 Å². The number of imidazole rings is 1. The molecule has 2 atom stereocenters. The Morgan fingerprint density at radius 2 is 1.85 bits per heavy atom. The van der Waals surface area contributed by atoms with Crippen molar-refractivity contribution in [2.45, 2.75) is 78.2 Å². The maximum Gasteiger partial charge on any atom is 0.408 e. The van der Waals surface area contributed by atoms with Gasteiger partial charge >= 0.3 is 6.09 Å². The summed E-state index contributed by atoms with van der Waals surface area (Å²) in [6.45, 7) is 15.2. The highest BCUT2D eigenvalue weighted by molar-refractivity contribution is 9.10. The van der Waals surface area contributed by atoms with Gasteiger partial charge in [0.1, 0.15) is 4.60 Å². The predicted molar refractivity (Wildman–Crippen MR) is 163 cm³/mol. The number of hydrogen-bond donors (Lipinski definition) is 2. The number of pyridine rings is 1. The molecular weight excluding hydrogens is 572 g/mol. The minimum absolute atomic E-state index is 0.0733. The number of ether oxygens (including phenoxy) is 1. The molecule has 2 aromatic heterocycles. The fourth-order valence-corrected chi connectivity index (χ4v) is 5.98. The van der Waals surface area contributed by atoms with Gasteiger partial charge in [0.15, 0.2) is 6.23 Å². The van der Waals surface area contributed by atoms with Gasteiger partial charge < -0.3 is 20.1 Å². The summed E-state index contributed by atoms with van der Waals surface area (Å²) >= 11 is 3.50. The van der Waals surface area contributed by atoms with E-state index in [1.54, 1.807) is 4.90 Å². The summed E-state index contributed by atoms with van der Waals surface area (Å²) in [5.74, 6) is 0.984. The summed E-state index contributed by atoms with van der Waals surface area (Å²) in [5.41, 5.74) is 2.23. The summed E-state index contributed by atoms with van der Waals surface area (Å²) < 4.78 is 9.13. The molecule has 2 unspecified atom stereocenters. The zero-order valence-electron chi connectivity index (χ0n) is 24.5. The highest BCUT2D eigenvalue weighted by Gasteiger charge is 2.36. The van der Waals surface area contributed by atoms with Crippen LogP contribution < -0.4 is 5.32 Å². The number of hydrogen-bond acceptors (Lipinski definition) is 6. The number of carbonyl (C=O) groups is 1. The minimum Gasteiger partial charge on any atom is -0.465 e. The molecule has 0 spiro atoms. The van der Waals surface area contributed by atoms with Crippen molar-refractivity contribution in [3.8, 4) is 0 Å². The second-order valence-electron chi connectivity index (χ2n) is 11.8. The van der Waals surface area contributed by atoms with E-state index in [1.165, 1.54) is 0 Å². The Morgan fingerprint density at radius 1 is 1.15 bits per heavy atom. The molecule has 10 heteroatoms. The van der Waals surface area contributed by atoms with E-state index in [9.17, 15) is 9.90 Å². The Hall–Kier alpha value is -2.69. The fourth-order valence-electron chi connectivity index (χ4n) is 5.62.